The number of morpholine rings is 1. The highest BCUT2D eigenvalue weighted by molar-refractivity contribution is 5.85. The molecule has 82 valence electrons. The van der Waals surface area contributed by atoms with Crippen LogP contribution in [-0.4, -0.2) is 41.4 Å². The number of ketones is 1. The van der Waals surface area contributed by atoms with Gasteiger partial charge in [-0.1, -0.05) is 0 Å². The molecule has 1 fully saturated rings. The van der Waals surface area contributed by atoms with Gasteiger partial charge in [-0.05, 0) is 6.07 Å². The Morgan fingerprint density at radius 2 is 2.67 bits per heavy atom. The molecule has 1 aromatic rings. The molecular weight excluding hydrogens is 194 g/mol. The van der Waals surface area contributed by atoms with Gasteiger partial charge < -0.3 is 10.1 Å². The molecule has 1 aliphatic heterocycles. The van der Waals surface area contributed by atoms with Gasteiger partial charge in [0.1, 0.15) is 0 Å². The van der Waals surface area contributed by atoms with Crippen LogP contribution in [0.1, 0.15) is 5.69 Å². The zero-order valence-electron chi connectivity index (χ0n) is 8.77. The van der Waals surface area contributed by atoms with Crippen LogP contribution in [0.25, 0.3) is 0 Å². The van der Waals surface area contributed by atoms with Gasteiger partial charge in [0.2, 0.25) is 0 Å². The van der Waals surface area contributed by atoms with Crippen molar-refractivity contribution in [1.29, 1.82) is 0 Å². The SMILES string of the molecule is Cn1ccc(CC(=O)C2COCCN2)n1. The number of Topliss-reactive ketones (excluding diaryl/α,β-unsaturated/α-hetero) is 1. The highest BCUT2D eigenvalue weighted by Gasteiger charge is 2.21. The smallest absolute Gasteiger partial charge is 0.158 e. The van der Waals surface area contributed by atoms with E-state index < -0.39 is 0 Å². The standard InChI is InChI=1S/C10H15N3O2/c1-13-4-2-8(12-13)6-10(14)9-7-15-5-3-11-9/h2,4,9,11H,3,5-7H2,1H3. The van der Waals surface area contributed by atoms with E-state index in [2.05, 4.69) is 10.4 Å². The predicted octanol–water partition coefficient (Wildman–Crippen LogP) is -0.480. The molecule has 1 unspecified atom stereocenters. The van der Waals surface area contributed by atoms with E-state index in [-0.39, 0.29) is 11.8 Å². The fourth-order valence-electron chi connectivity index (χ4n) is 1.63. The first kappa shape index (κ1) is 10.3. The molecule has 2 heterocycles. The van der Waals surface area contributed by atoms with Crippen LogP contribution in [0.4, 0.5) is 0 Å². The average molecular weight is 209 g/mol. The number of ether oxygens (including phenoxy) is 1. The van der Waals surface area contributed by atoms with Crippen molar-refractivity contribution in [3.63, 3.8) is 0 Å². The Kier molecular flexibility index (Phi) is 3.13. The Bertz CT molecular complexity index is 342. The zero-order chi connectivity index (χ0) is 10.7. The third-order valence-corrected chi connectivity index (χ3v) is 2.43. The number of hydrogen-bond acceptors (Lipinski definition) is 4. The normalized spacial score (nSPS) is 21.5. The molecule has 0 spiro atoms. The van der Waals surface area contributed by atoms with Crippen molar-refractivity contribution in [2.45, 2.75) is 12.5 Å². The quantitative estimate of drug-likeness (QED) is 0.730. The van der Waals surface area contributed by atoms with E-state index in [1.165, 1.54) is 0 Å². The molecule has 0 aliphatic carbocycles. The summed E-state index contributed by atoms with van der Waals surface area (Å²) in [5, 5.41) is 7.31. The molecule has 15 heavy (non-hydrogen) atoms. The Morgan fingerprint density at radius 1 is 1.80 bits per heavy atom. The first-order valence-corrected chi connectivity index (χ1v) is 5.08. The van der Waals surface area contributed by atoms with E-state index >= 15 is 0 Å². The van der Waals surface area contributed by atoms with E-state index in [0.717, 1.165) is 12.2 Å². The number of aromatic nitrogens is 2. The summed E-state index contributed by atoms with van der Waals surface area (Å²) in [7, 11) is 1.84. The lowest BCUT2D eigenvalue weighted by atomic mass is 10.1. The van der Waals surface area contributed by atoms with Crippen LogP contribution in [0.5, 0.6) is 0 Å². The number of aryl methyl sites for hydroxylation is 1. The number of nitrogens with zero attached hydrogens (tertiary/aromatic N) is 2. The molecule has 0 aromatic carbocycles. The second-order valence-electron chi connectivity index (χ2n) is 3.71. The number of carbonyl (C=O) groups is 1. The van der Waals surface area contributed by atoms with Crippen LogP contribution in [-0.2, 0) is 23.0 Å². The number of hydrogen-bond donors (Lipinski definition) is 1. The monoisotopic (exact) mass is 209 g/mol. The lowest BCUT2D eigenvalue weighted by Crippen LogP contribution is -2.47. The third kappa shape index (κ3) is 2.64. The zero-order valence-corrected chi connectivity index (χ0v) is 8.77. The van der Waals surface area contributed by atoms with Gasteiger partial charge in [0.05, 0.1) is 31.4 Å². The van der Waals surface area contributed by atoms with E-state index in [0.29, 0.717) is 19.6 Å². The Labute approximate surface area is 88.4 Å². The minimum Gasteiger partial charge on any atom is -0.378 e. The highest BCUT2D eigenvalue weighted by Crippen LogP contribution is 2.02. The molecule has 0 radical (unpaired) electrons. The van der Waals surface area contributed by atoms with Gasteiger partial charge in [-0.2, -0.15) is 5.10 Å². The molecule has 0 bridgehead atoms. The largest absolute Gasteiger partial charge is 0.378 e. The highest BCUT2D eigenvalue weighted by atomic mass is 16.5. The molecule has 5 heteroatoms. The number of nitrogens with one attached hydrogen (secondary N) is 1. The summed E-state index contributed by atoms with van der Waals surface area (Å²) in [6.45, 7) is 1.91. The second kappa shape index (κ2) is 4.55. The second-order valence-corrected chi connectivity index (χ2v) is 3.71. The summed E-state index contributed by atoms with van der Waals surface area (Å²) in [6.07, 6.45) is 2.22. The van der Waals surface area contributed by atoms with Crippen LogP contribution in [0, 0.1) is 0 Å². The Morgan fingerprint density at radius 3 is 3.27 bits per heavy atom. The van der Waals surface area contributed by atoms with Gasteiger partial charge >= 0.3 is 0 Å². The summed E-state index contributed by atoms with van der Waals surface area (Å²) in [4.78, 5) is 11.8. The van der Waals surface area contributed by atoms with Crippen molar-refractivity contribution in [2.75, 3.05) is 19.8 Å². The molecule has 1 atom stereocenters. The van der Waals surface area contributed by atoms with E-state index in [1.54, 1.807) is 4.68 Å². The van der Waals surface area contributed by atoms with Crippen LogP contribution < -0.4 is 5.32 Å². The van der Waals surface area contributed by atoms with Crippen LogP contribution >= 0.6 is 0 Å². The minimum atomic E-state index is -0.166. The van der Waals surface area contributed by atoms with Crippen molar-refractivity contribution in [3.05, 3.63) is 18.0 Å². The topological polar surface area (TPSA) is 56.1 Å². The first-order valence-electron chi connectivity index (χ1n) is 5.08. The van der Waals surface area contributed by atoms with E-state index in [1.807, 2.05) is 19.3 Å². The van der Waals surface area contributed by atoms with Crippen molar-refractivity contribution < 1.29 is 9.53 Å². The summed E-state index contributed by atoms with van der Waals surface area (Å²) >= 11 is 0. The van der Waals surface area contributed by atoms with Gasteiger partial charge in [-0.15, -0.1) is 0 Å². The van der Waals surface area contributed by atoms with Crippen LogP contribution in [0.15, 0.2) is 12.3 Å². The molecule has 0 saturated carbocycles. The van der Waals surface area contributed by atoms with Crippen molar-refractivity contribution in [1.82, 2.24) is 15.1 Å². The Hall–Kier alpha value is -1.20. The molecule has 0 amide bonds. The Balaban J connectivity index is 1.91. The molecule has 1 N–H and O–H groups in total. The van der Waals surface area contributed by atoms with Crippen molar-refractivity contribution in [3.8, 4) is 0 Å². The maximum atomic E-state index is 11.8. The molecule has 2 rings (SSSR count). The number of rotatable bonds is 3. The maximum Gasteiger partial charge on any atom is 0.158 e. The minimum absolute atomic E-state index is 0.147. The maximum absolute atomic E-state index is 11.8. The van der Waals surface area contributed by atoms with Gasteiger partial charge in [-0.25, -0.2) is 0 Å². The first-order chi connectivity index (χ1) is 7.25. The molecular formula is C10H15N3O2. The van der Waals surface area contributed by atoms with Crippen LogP contribution in [0.3, 0.4) is 0 Å². The van der Waals surface area contributed by atoms with Gasteiger partial charge in [0, 0.05) is 19.8 Å². The van der Waals surface area contributed by atoms with Gasteiger partial charge in [0.15, 0.2) is 5.78 Å². The van der Waals surface area contributed by atoms with Crippen LogP contribution in [0.2, 0.25) is 0 Å². The number of carbonyl (C=O) groups excluding carboxylic acids is 1. The fraction of sp³-hybridized carbons (Fsp3) is 0.600. The lowest BCUT2D eigenvalue weighted by molar-refractivity contribution is -0.123. The summed E-state index contributed by atoms with van der Waals surface area (Å²) < 4.78 is 6.94. The molecule has 5 nitrogen and oxygen atoms in total. The van der Waals surface area contributed by atoms with Gasteiger partial charge in [0.25, 0.3) is 0 Å². The van der Waals surface area contributed by atoms with Gasteiger partial charge in [-0.3, -0.25) is 9.48 Å². The summed E-state index contributed by atoms with van der Waals surface area (Å²) in [6, 6.07) is 1.70. The van der Waals surface area contributed by atoms with E-state index in [4.69, 9.17) is 4.74 Å². The average Bonchev–Trinajstić information content (AvgIpc) is 2.65. The summed E-state index contributed by atoms with van der Waals surface area (Å²) in [5.74, 6) is 0.147. The molecule has 1 aromatic heterocycles. The third-order valence-electron chi connectivity index (χ3n) is 2.43. The van der Waals surface area contributed by atoms with E-state index in [9.17, 15) is 4.79 Å². The van der Waals surface area contributed by atoms with Crippen molar-refractivity contribution >= 4 is 5.78 Å². The lowest BCUT2D eigenvalue weighted by Gasteiger charge is -2.22. The summed E-state index contributed by atoms with van der Waals surface area (Å²) in [5.41, 5.74) is 0.815. The fourth-order valence-corrected chi connectivity index (χ4v) is 1.63. The predicted molar refractivity (Wildman–Crippen MR) is 54.5 cm³/mol. The molecule has 1 saturated heterocycles. The molecule has 1 aliphatic rings. The van der Waals surface area contributed by atoms with Crippen molar-refractivity contribution in [2.24, 2.45) is 7.05 Å².